The molecule has 0 bridgehead atoms. The number of halogens is 1. The number of anilines is 1. The molecule has 1 atom stereocenters. The van der Waals surface area contributed by atoms with E-state index in [1.807, 2.05) is 0 Å². The minimum Gasteiger partial charge on any atom is -0.496 e. The summed E-state index contributed by atoms with van der Waals surface area (Å²) in [5.41, 5.74) is 0.386. The van der Waals surface area contributed by atoms with E-state index in [0.717, 1.165) is 0 Å². The zero-order valence-electron chi connectivity index (χ0n) is 12.8. The molecule has 0 aromatic heterocycles. The summed E-state index contributed by atoms with van der Waals surface area (Å²) < 4.78 is 18.6. The van der Waals surface area contributed by atoms with E-state index in [-0.39, 0.29) is 5.69 Å². The molecule has 0 aliphatic rings. The number of amides is 2. The average Bonchev–Trinajstić information content (AvgIpc) is 2.56. The van der Waals surface area contributed by atoms with Gasteiger partial charge in [0.05, 0.1) is 18.4 Å². The number of nitrogens with one attached hydrogen (secondary N) is 2. The molecule has 0 heterocycles. The summed E-state index contributed by atoms with van der Waals surface area (Å²) in [4.78, 5) is 24.3. The van der Waals surface area contributed by atoms with Crippen molar-refractivity contribution < 1.29 is 18.7 Å². The van der Waals surface area contributed by atoms with Crippen molar-refractivity contribution in [3.63, 3.8) is 0 Å². The van der Waals surface area contributed by atoms with E-state index in [4.69, 9.17) is 4.74 Å². The molecule has 120 valence electrons. The van der Waals surface area contributed by atoms with Gasteiger partial charge in [-0.1, -0.05) is 24.3 Å². The molecular weight excluding hydrogens is 299 g/mol. The second-order valence-corrected chi connectivity index (χ2v) is 4.86. The lowest BCUT2D eigenvalue weighted by atomic mass is 10.1. The van der Waals surface area contributed by atoms with Gasteiger partial charge in [0.1, 0.15) is 17.6 Å². The standard InChI is InChI=1S/C17H17FN2O3/c1-11(16(21)20-14-9-5-4-8-13(14)18)19-17(22)12-7-3-6-10-15(12)23-2/h3-11H,1-2H3,(H,19,22)(H,20,21). The fraction of sp³-hybridized carbons (Fsp3) is 0.176. The van der Waals surface area contributed by atoms with Gasteiger partial charge >= 0.3 is 0 Å². The minimum absolute atomic E-state index is 0.0656. The van der Waals surface area contributed by atoms with E-state index in [1.54, 1.807) is 30.3 Å². The molecular formula is C17H17FN2O3. The van der Waals surface area contributed by atoms with Crippen molar-refractivity contribution in [3.05, 3.63) is 59.9 Å². The third-order valence-electron chi connectivity index (χ3n) is 3.22. The van der Waals surface area contributed by atoms with Gasteiger partial charge in [-0.15, -0.1) is 0 Å². The van der Waals surface area contributed by atoms with Crippen molar-refractivity contribution in [2.24, 2.45) is 0 Å². The van der Waals surface area contributed by atoms with E-state index >= 15 is 0 Å². The molecule has 0 saturated heterocycles. The molecule has 0 radical (unpaired) electrons. The third-order valence-corrected chi connectivity index (χ3v) is 3.22. The van der Waals surface area contributed by atoms with Gasteiger partial charge in [0.15, 0.2) is 0 Å². The zero-order valence-corrected chi connectivity index (χ0v) is 12.8. The van der Waals surface area contributed by atoms with Gasteiger partial charge in [-0.3, -0.25) is 9.59 Å². The maximum atomic E-state index is 13.5. The van der Waals surface area contributed by atoms with Gasteiger partial charge in [-0.2, -0.15) is 0 Å². The number of methoxy groups -OCH3 is 1. The van der Waals surface area contributed by atoms with E-state index in [2.05, 4.69) is 10.6 Å². The zero-order chi connectivity index (χ0) is 16.8. The van der Waals surface area contributed by atoms with Crippen LogP contribution in [0.15, 0.2) is 48.5 Å². The molecule has 0 saturated carbocycles. The van der Waals surface area contributed by atoms with Crippen LogP contribution < -0.4 is 15.4 Å². The van der Waals surface area contributed by atoms with E-state index in [1.165, 1.54) is 32.2 Å². The van der Waals surface area contributed by atoms with Gasteiger partial charge in [0, 0.05) is 0 Å². The fourth-order valence-corrected chi connectivity index (χ4v) is 1.98. The van der Waals surface area contributed by atoms with Crippen molar-refractivity contribution in [3.8, 4) is 5.75 Å². The van der Waals surface area contributed by atoms with Crippen LogP contribution in [0.2, 0.25) is 0 Å². The highest BCUT2D eigenvalue weighted by atomic mass is 19.1. The van der Waals surface area contributed by atoms with E-state index in [0.29, 0.717) is 11.3 Å². The maximum Gasteiger partial charge on any atom is 0.255 e. The summed E-state index contributed by atoms with van der Waals surface area (Å²) in [6.07, 6.45) is 0. The normalized spacial score (nSPS) is 11.4. The lowest BCUT2D eigenvalue weighted by Crippen LogP contribution is -2.41. The fourth-order valence-electron chi connectivity index (χ4n) is 1.98. The molecule has 0 fully saturated rings. The molecule has 2 amide bonds. The first-order valence-electron chi connectivity index (χ1n) is 7.02. The van der Waals surface area contributed by atoms with Crippen LogP contribution in [-0.2, 0) is 4.79 Å². The molecule has 2 rings (SSSR count). The molecule has 0 aliphatic heterocycles. The Morgan fingerprint density at radius 2 is 1.74 bits per heavy atom. The van der Waals surface area contributed by atoms with Gasteiger partial charge in [-0.05, 0) is 31.2 Å². The molecule has 2 aromatic carbocycles. The lowest BCUT2D eigenvalue weighted by Gasteiger charge is -2.15. The summed E-state index contributed by atoms with van der Waals surface area (Å²) in [6, 6.07) is 11.7. The SMILES string of the molecule is COc1ccccc1C(=O)NC(C)C(=O)Nc1ccccc1F. The lowest BCUT2D eigenvalue weighted by molar-refractivity contribution is -0.117. The monoisotopic (exact) mass is 316 g/mol. The summed E-state index contributed by atoms with van der Waals surface area (Å²) >= 11 is 0. The maximum absolute atomic E-state index is 13.5. The second-order valence-electron chi connectivity index (χ2n) is 4.86. The van der Waals surface area contributed by atoms with Crippen molar-refractivity contribution in [2.75, 3.05) is 12.4 Å². The van der Waals surface area contributed by atoms with Crippen LogP contribution >= 0.6 is 0 Å². The van der Waals surface area contributed by atoms with Crippen LogP contribution in [-0.4, -0.2) is 25.0 Å². The van der Waals surface area contributed by atoms with Crippen LogP contribution in [0.5, 0.6) is 5.75 Å². The molecule has 2 aromatic rings. The highest BCUT2D eigenvalue weighted by Crippen LogP contribution is 2.17. The van der Waals surface area contributed by atoms with Crippen molar-refractivity contribution in [1.29, 1.82) is 0 Å². The summed E-state index contributed by atoms with van der Waals surface area (Å²) in [5.74, 6) is -1.09. The Labute approximate surface area is 133 Å². The number of hydrogen-bond donors (Lipinski definition) is 2. The Morgan fingerprint density at radius 1 is 1.09 bits per heavy atom. The number of ether oxygens (including phenoxy) is 1. The predicted octanol–water partition coefficient (Wildman–Crippen LogP) is 2.59. The Hall–Kier alpha value is -2.89. The molecule has 1 unspecified atom stereocenters. The second kappa shape index (κ2) is 7.40. The van der Waals surface area contributed by atoms with E-state index < -0.39 is 23.7 Å². The predicted molar refractivity (Wildman–Crippen MR) is 85.0 cm³/mol. The van der Waals surface area contributed by atoms with Crippen molar-refractivity contribution in [1.82, 2.24) is 5.32 Å². The highest BCUT2D eigenvalue weighted by Gasteiger charge is 2.19. The summed E-state index contributed by atoms with van der Waals surface area (Å²) in [7, 11) is 1.46. The number of carbonyl (C=O) groups excluding carboxylic acids is 2. The van der Waals surface area contributed by atoms with Gasteiger partial charge < -0.3 is 15.4 Å². The van der Waals surface area contributed by atoms with Gasteiger partial charge in [0.2, 0.25) is 5.91 Å². The molecule has 0 spiro atoms. The number of rotatable bonds is 5. The largest absolute Gasteiger partial charge is 0.496 e. The number of carbonyl (C=O) groups is 2. The minimum atomic E-state index is -0.841. The van der Waals surface area contributed by atoms with Gasteiger partial charge in [0.25, 0.3) is 5.91 Å². The third kappa shape index (κ3) is 4.06. The number of para-hydroxylation sites is 2. The van der Waals surface area contributed by atoms with Crippen molar-refractivity contribution >= 4 is 17.5 Å². The van der Waals surface area contributed by atoms with Crippen LogP contribution in [0.1, 0.15) is 17.3 Å². The topological polar surface area (TPSA) is 67.4 Å². The molecule has 6 heteroatoms. The molecule has 0 aliphatic carbocycles. The molecule has 5 nitrogen and oxygen atoms in total. The van der Waals surface area contributed by atoms with Gasteiger partial charge in [-0.25, -0.2) is 4.39 Å². The first-order chi connectivity index (χ1) is 11.0. The Morgan fingerprint density at radius 3 is 2.43 bits per heavy atom. The number of hydrogen-bond acceptors (Lipinski definition) is 3. The number of benzene rings is 2. The molecule has 23 heavy (non-hydrogen) atoms. The highest BCUT2D eigenvalue weighted by molar-refractivity contribution is 6.02. The van der Waals surface area contributed by atoms with Crippen LogP contribution in [0.4, 0.5) is 10.1 Å². The Kier molecular flexibility index (Phi) is 5.30. The average molecular weight is 316 g/mol. The van der Waals surface area contributed by atoms with Crippen molar-refractivity contribution in [2.45, 2.75) is 13.0 Å². The van der Waals surface area contributed by atoms with Crippen LogP contribution in [0, 0.1) is 5.82 Å². The smallest absolute Gasteiger partial charge is 0.255 e. The Balaban J connectivity index is 2.03. The first kappa shape index (κ1) is 16.5. The summed E-state index contributed by atoms with van der Waals surface area (Å²) in [6.45, 7) is 1.52. The van der Waals surface area contributed by atoms with Crippen LogP contribution in [0.25, 0.3) is 0 Å². The quantitative estimate of drug-likeness (QED) is 0.891. The first-order valence-corrected chi connectivity index (χ1v) is 7.02. The Bertz CT molecular complexity index is 718. The summed E-state index contributed by atoms with van der Waals surface area (Å²) in [5, 5.41) is 4.99. The van der Waals surface area contributed by atoms with E-state index in [9.17, 15) is 14.0 Å². The van der Waals surface area contributed by atoms with Crippen LogP contribution in [0.3, 0.4) is 0 Å². The molecule has 2 N–H and O–H groups in total.